The molecule has 1 aliphatic heterocycles. The lowest BCUT2D eigenvalue weighted by Gasteiger charge is -2.19. The zero-order valence-corrected chi connectivity index (χ0v) is 19.6. The highest BCUT2D eigenvalue weighted by atomic mass is 16.6. The summed E-state index contributed by atoms with van der Waals surface area (Å²) in [6.45, 7) is 9.68. The van der Waals surface area contributed by atoms with Crippen molar-refractivity contribution < 1.29 is 34.1 Å². The van der Waals surface area contributed by atoms with Crippen molar-refractivity contribution in [2.24, 2.45) is 0 Å². The first-order chi connectivity index (χ1) is 14.9. The number of carbonyl (C=O) groups excluding carboxylic acids is 2. The van der Waals surface area contributed by atoms with Crippen molar-refractivity contribution in [2.75, 3.05) is 39.8 Å². The summed E-state index contributed by atoms with van der Waals surface area (Å²) in [6, 6.07) is 0. The van der Waals surface area contributed by atoms with E-state index >= 15 is 0 Å². The topological polar surface area (TPSA) is 136 Å². The molecule has 0 aromatic heterocycles. The number of hydrogen-bond acceptors (Lipinski definition) is 6. The lowest BCUT2D eigenvalue weighted by molar-refractivity contribution is -0.159. The zero-order valence-electron chi connectivity index (χ0n) is 19.6. The van der Waals surface area contributed by atoms with Gasteiger partial charge in [0.1, 0.15) is 5.60 Å². The Labute approximate surface area is 190 Å². The molecule has 0 saturated carbocycles. The average molecular weight is 456 g/mol. The van der Waals surface area contributed by atoms with Crippen molar-refractivity contribution in [1.29, 1.82) is 0 Å². The molecule has 3 N–H and O–H groups in total. The fourth-order valence-electron chi connectivity index (χ4n) is 2.64. The normalized spacial score (nSPS) is 13.1. The van der Waals surface area contributed by atoms with Crippen LogP contribution >= 0.6 is 0 Å². The van der Waals surface area contributed by atoms with Gasteiger partial charge in [0, 0.05) is 20.0 Å². The minimum Gasteiger partial charge on any atom is -0.473 e. The van der Waals surface area contributed by atoms with Crippen LogP contribution in [0.2, 0.25) is 0 Å². The Balaban J connectivity index is 0.00000140. The van der Waals surface area contributed by atoms with Gasteiger partial charge in [-0.3, -0.25) is 9.69 Å². The Morgan fingerprint density at radius 1 is 1.00 bits per heavy atom. The molecule has 2 amide bonds. The molecule has 1 rings (SSSR count). The van der Waals surface area contributed by atoms with E-state index in [4.69, 9.17) is 24.5 Å². The number of carboxylic acid groups (broad SMARTS) is 2. The highest BCUT2D eigenvalue weighted by Gasteiger charge is 2.15. The number of ether oxygens (including phenoxy) is 1. The van der Waals surface area contributed by atoms with E-state index in [1.807, 2.05) is 20.8 Å². The van der Waals surface area contributed by atoms with Gasteiger partial charge in [0.25, 0.3) is 0 Å². The molecule has 0 spiro atoms. The van der Waals surface area contributed by atoms with Gasteiger partial charge in [-0.25, -0.2) is 14.4 Å². The number of nitrogens with zero attached hydrogens (tertiary/aromatic N) is 2. The van der Waals surface area contributed by atoms with Crippen LogP contribution in [-0.2, 0) is 19.1 Å². The molecule has 182 valence electrons. The maximum absolute atomic E-state index is 12.0. The third-order valence-electron chi connectivity index (χ3n) is 4.29. The van der Waals surface area contributed by atoms with Gasteiger partial charge in [0.05, 0.1) is 13.1 Å². The Hall–Kier alpha value is -2.80. The maximum atomic E-state index is 12.0. The van der Waals surface area contributed by atoms with Crippen LogP contribution in [0.15, 0.2) is 0 Å². The molecular formula is C22H37N3O7. The molecule has 0 aromatic rings. The zero-order chi connectivity index (χ0) is 24.6. The standard InChI is InChI=1S/C20H35N3O3.C2H2O4/c1-20(2,3)26-19(25)21-13-7-5-6-12-18(24)22(4)14-8-9-15-23-16-10-11-17-23;3-1(4)2(5)6/h5-7,10-17H2,1-4H3,(H,21,25);(H,3,4)(H,5,6). The van der Waals surface area contributed by atoms with E-state index in [1.165, 1.54) is 12.8 Å². The van der Waals surface area contributed by atoms with Crippen molar-refractivity contribution >= 4 is 23.9 Å². The minimum atomic E-state index is -1.82. The molecule has 1 saturated heterocycles. The molecule has 0 unspecified atom stereocenters. The van der Waals surface area contributed by atoms with Gasteiger partial charge < -0.3 is 25.2 Å². The largest absolute Gasteiger partial charge is 0.473 e. The summed E-state index contributed by atoms with van der Waals surface area (Å²) in [5, 5.41) is 17.5. The van der Waals surface area contributed by atoms with Gasteiger partial charge >= 0.3 is 18.0 Å². The van der Waals surface area contributed by atoms with Crippen molar-refractivity contribution in [3.63, 3.8) is 0 Å². The Morgan fingerprint density at radius 3 is 2.12 bits per heavy atom. The Morgan fingerprint density at radius 2 is 1.59 bits per heavy atom. The second-order valence-corrected chi connectivity index (χ2v) is 8.44. The number of carbonyl (C=O) groups is 4. The molecule has 0 atom stereocenters. The van der Waals surface area contributed by atoms with E-state index < -0.39 is 17.5 Å². The van der Waals surface area contributed by atoms with E-state index in [-0.39, 0.29) is 12.0 Å². The molecular weight excluding hydrogens is 418 g/mol. The summed E-state index contributed by atoms with van der Waals surface area (Å²) in [5.74, 6) is 2.72. The highest BCUT2D eigenvalue weighted by Crippen LogP contribution is 2.07. The summed E-state index contributed by atoms with van der Waals surface area (Å²) in [6.07, 6.45) is 5.24. The van der Waals surface area contributed by atoms with Crippen LogP contribution in [0.1, 0.15) is 59.3 Å². The summed E-state index contributed by atoms with van der Waals surface area (Å²) in [7, 11) is 1.80. The quantitative estimate of drug-likeness (QED) is 0.286. The molecule has 0 aliphatic carbocycles. The highest BCUT2D eigenvalue weighted by molar-refractivity contribution is 6.27. The number of aliphatic carboxylic acids is 2. The van der Waals surface area contributed by atoms with Crippen LogP contribution in [0.5, 0.6) is 0 Å². The smallest absolute Gasteiger partial charge is 0.414 e. The number of rotatable bonds is 8. The Kier molecular flexibility index (Phi) is 14.5. The van der Waals surface area contributed by atoms with E-state index in [2.05, 4.69) is 22.1 Å². The molecule has 10 heteroatoms. The summed E-state index contributed by atoms with van der Waals surface area (Å²) >= 11 is 0. The predicted octanol–water partition coefficient (Wildman–Crippen LogP) is 1.78. The monoisotopic (exact) mass is 455 g/mol. The maximum Gasteiger partial charge on any atom is 0.414 e. The second-order valence-electron chi connectivity index (χ2n) is 8.44. The molecule has 1 fully saturated rings. The lowest BCUT2D eigenvalue weighted by atomic mass is 10.2. The first kappa shape index (κ1) is 29.2. The number of alkyl carbamates (subject to hydrolysis) is 1. The molecule has 1 aliphatic rings. The van der Waals surface area contributed by atoms with E-state index in [0.29, 0.717) is 19.5 Å². The number of hydrogen-bond donors (Lipinski definition) is 3. The van der Waals surface area contributed by atoms with Crippen molar-refractivity contribution in [3.05, 3.63) is 0 Å². The van der Waals surface area contributed by atoms with E-state index in [0.717, 1.165) is 38.9 Å². The molecule has 32 heavy (non-hydrogen) atoms. The lowest BCUT2D eigenvalue weighted by Crippen LogP contribution is -2.33. The van der Waals surface area contributed by atoms with Crippen molar-refractivity contribution in [3.8, 4) is 11.8 Å². The predicted molar refractivity (Wildman–Crippen MR) is 119 cm³/mol. The third-order valence-corrected chi connectivity index (χ3v) is 4.29. The molecule has 10 nitrogen and oxygen atoms in total. The van der Waals surface area contributed by atoms with Gasteiger partial charge in [-0.2, -0.15) is 0 Å². The fraction of sp³-hybridized carbons (Fsp3) is 0.727. The third kappa shape index (κ3) is 16.9. The summed E-state index contributed by atoms with van der Waals surface area (Å²) in [5.41, 5.74) is -0.474. The number of unbranched alkanes of at least 4 members (excludes halogenated alkanes) is 2. The number of likely N-dealkylation sites (tertiary alicyclic amines) is 1. The minimum absolute atomic E-state index is 0.126. The first-order valence-corrected chi connectivity index (χ1v) is 10.8. The average Bonchev–Trinajstić information content (AvgIpc) is 3.20. The SMILES string of the molecule is CN(CC#CCN1CCCC1)C(=O)CCCCCNC(=O)OC(C)(C)C.O=C(O)C(=O)O. The number of amides is 2. The van der Waals surface area contributed by atoms with Crippen molar-refractivity contribution in [1.82, 2.24) is 15.1 Å². The van der Waals surface area contributed by atoms with Crippen LogP contribution in [0.25, 0.3) is 0 Å². The van der Waals surface area contributed by atoms with Gasteiger partial charge in [-0.15, -0.1) is 0 Å². The van der Waals surface area contributed by atoms with Crippen LogP contribution in [-0.4, -0.2) is 89.3 Å². The van der Waals surface area contributed by atoms with Crippen LogP contribution in [0.3, 0.4) is 0 Å². The van der Waals surface area contributed by atoms with E-state index in [9.17, 15) is 9.59 Å². The fourth-order valence-corrected chi connectivity index (χ4v) is 2.64. The van der Waals surface area contributed by atoms with Crippen LogP contribution in [0, 0.1) is 11.8 Å². The van der Waals surface area contributed by atoms with E-state index in [1.54, 1.807) is 11.9 Å². The summed E-state index contributed by atoms with van der Waals surface area (Å²) < 4.78 is 5.17. The van der Waals surface area contributed by atoms with Gasteiger partial charge in [-0.05, 0) is 59.5 Å². The van der Waals surface area contributed by atoms with Crippen LogP contribution < -0.4 is 5.32 Å². The summed E-state index contributed by atoms with van der Waals surface area (Å²) in [4.78, 5) is 45.8. The number of nitrogens with one attached hydrogen (secondary N) is 1. The first-order valence-electron chi connectivity index (χ1n) is 10.8. The van der Waals surface area contributed by atoms with Gasteiger partial charge in [-0.1, -0.05) is 18.3 Å². The molecule has 0 radical (unpaired) electrons. The Bertz CT molecular complexity index is 659. The van der Waals surface area contributed by atoms with Crippen molar-refractivity contribution in [2.45, 2.75) is 64.9 Å². The van der Waals surface area contributed by atoms with Gasteiger partial charge in [0.15, 0.2) is 0 Å². The van der Waals surface area contributed by atoms with Crippen LogP contribution in [0.4, 0.5) is 4.79 Å². The number of carboxylic acids is 2. The molecule has 1 heterocycles. The van der Waals surface area contributed by atoms with Gasteiger partial charge in [0.2, 0.25) is 5.91 Å². The second kappa shape index (κ2) is 15.9. The molecule has 0 bridgehead atoms. The molecule has 0 aromatic carbocycles.